The smallest absolute Gasteiger partial charge is 0.171 e. The maximum absolute atomic E-state index is 14.7. The van der Waals surface area contributed by atoms with E-state index in [1.165, 1.54) is 0 Å². The molecule has 0 bridgehead atoms. The van der Waals surface area contributed by atoms with Gasteiger partial charge in [0, 0.05) is 37.2 Å². The van der Waals surface area contributed by atoms with Crippen LogP contribution in [0.5, 0.6) is 0 Å². The molecular formula is C38H27IN3OP. The summed E-state index contributed by atoms with van der Waals surface area (Å²) in [4.78, 5) is 10.2. The summed E-state index contributed by atoms with van der Waals surface area (Å²) in [6, 6.07) is 44.6. The van der Waals surface area contributed by atoms with Gasteiger partial charge in [-0.05, 0) is 29.3 Å². The van der Waals surface area contributed by atoms with Crippen molar-refractivity contribution in [1.82, 2.24) is 14.4 Å². The number of allylic oxidation sites excluding steroid dienone is 1. The number of imidazole rings is 1. The number of hydrogen-bond donors (Lipinski definition) is 0. The quantitative estimate of drug-likeness (QED) is 0.103. The Kier molecular flexibility index (Phi) is 6.81. The van der Waals surface area contributed by atoms with Crippen molar-refractivity contribution in [2.45, 2.75) is 10.3 Å². The lowest BCUT2D eigenvalue weighted by atomic mass is 10.0. The number of halogens is 1. The Morgan fingerprint density at radius 2 is 1.18 bits per heavy atom. The first-order valence-electron chi connectivity index (χ1n) is 14.6. The van der Waals surface area contributed by atoms with Gasteiger partial charge in [-0.2, -0.15) is 0 Å². The van der Waals surface area contributed by atoms with Crippen LogP contribution in [0, 0.1) is 0 Å². The third kappa shape index (κ3) is 4.54. The molecule has 1 atom stereocenters. The molecule has 0 unspecified atom stereocenters. The second-order valence-corrected chi connectivity index (χ2v) is 15.4. The van der Waals surface area contributed by atoms with Crippen LogP contribution in [-0.2, 0) is 11.0 Å². The largest absolute Gasteiger partial charge is 0.309 e. The number of rotatable bonds is 5. The Bertz CT molecular complexity index is 2180. The van der Waals surface area contributed by atoms with E-state index >= 15 is 0 Å². The Balaban J connectivity index is 1.19. The minimum Gasteiger partial charge on any atom is -0.309 e. The van der Waals surface area contributed by atoms with Gasteiger partial charge in [-0.25, -0.2) is 9.97 Å². The summed E-state index contributed by atoms with van der Waals surface area (Å²) in [5.41, 5.74) is 7.31. The molecule has 0 saturated heterocycles. The second kappa shape index (κ2) is 11.0. The van der Waals surface area contributed by atoms with E-state index in [4.69, 9.17) is 9.97 Å². The molecular weight excluding hydrogens is 672 g/mol. The van der Waals surface area contributed by atoms with Crippen LogP contribution in [0.2, 0.25) is 0 Å². The van der Waals surface area contributed by atoms with Gasteiger partial charge in [0.1, 0.15) is 11.5 Å². The molecule has 6 heteroatoms. The Labute approximate surface area is 269 Å². The van der Waals surface area contributed by atoms with Crippen LogP contribution in [0.1, 0.15) is 11.4 Å². The maximum atomic E-state index is 14.7. The van der Waals surface area contributed by atoms with Crippen LogP contribution in [0.15, 0.2) is 140 Å². The van der Waals surface area contributed by atoms with Crippen molar-refractivity contribution < 1.29 is 4.57 Å². The molecule has 0 amide bonds. The van der Waals surface area contributed by atoms with Crippen LogP contribution in [0.4, 0.5) is 0 Å². The highest BCUT2D eigenvalue weighted by molar-refractivity contribution is 14.1. The van der Waals surface area contributed by atoms with E-state index in [1.807, 2.05) is 84.9 Å². The molecule has 0 radical (unpaired) electrons. The summed E-state index contributed by atoms with van der Waals surface area (Å²) >= 11 is 2.47. The first-order chi connectivity index (χ1) is 21.6. The van der Waals surface area contributed by atoms with Crippen molar-refractivity contribution in [3.05, 3.63) is 151 Å². The van der Waals surface area contributed by atoms with Crippen molar-refractivity contribution in [2.75, 3.05) is 0 Å². The molecule has 0 N–H and O–H groups in total. The lowest BCUT2D eigenvalue weighted by Crippen LogP contribution is -2.24. The van der Waals surface area contributed by atoms with E-state index in [1.54, 1.807) is 0 Å². The SMILES string of the molecule is O=P(c1ccccc1)(c1ccccc1)c1ccc(-c2ccc(-c3nc4ccccc4c4nc5c(n34)C=C[C@@H](I)C5)cc2)cc1. The van der Waals surface area contributed by atoms with Crippen molar-refractivity contribution in [3.63, 3.8) is 0 Å². The number of alkyl halides is 1. The Morgan fingerprint density at radius 1 is 0.636 bits per heavy atom. The van der Waals surface area contributed by atoms with Crippen LogP contribution in [0.3, 0.4) is 0 Å². The number of fused-ring (bicyclic) bond motifs is 5. The lowest BCUT2D eigenvalue weighted by molar-refractivity contribution is 0.592. The number of benzene rings is 5. The van der Waals surface area contributed by atoms with E-state index in [9.17, 15) is 4.57 Å². The highest BCUT2D eigenvalue weighted by Gasteiger charge is 2.29. The molecule has 2 heterocycles. The molecule has 44 heavy (non-hydrogen) atoms. The lowest BCUT2D eigenvalue weighted by Gasteiger charge is -2.20. The van der Waals surface area contributed by atoms with Gasteiger partial charge in [-0.15, -0.1) is 0 Å². The second-order valence-electron chi connectivity index (χ2n) is 11.0. The molecule has 212 valence electrons. The molecule has 7 aromatic rings. The molecule has 5 aromatic carbocycles. The molecule has 1 aliphatic rings. The fraction of sp³-hybridized carbons (Fsp3) is 0.0526. The van der Waals surface area contributed by atoms with Crippen molar-refractivity contribution in [2.24, 2.45) is 0 Å². The van der Waals surface area contributed by atoms with Crippen LogP contribution >= 0.6 is 29.7 Å². The molecule has 0 fully saturated rings. The van der Waals surface area contributed by atoms with Crippen molar-refractivity contribution >= 4 is 68.3 Å². The van der Waals surface area contributed by atoms with Gasteiger partial charge >= 0.3 is 0 Å². The highest BCUT2D eigenvalue weighted by Crippen LogP contribution is 2.42. The minimum absolute atomic E-state index is 0.438. The van der Waals surface area contributed by atoms with Gasteiger partial charge in [-0.3, -0.25) is 4.40 Å². The predicted octanol–water partition coefficient (Wildman–Crippen LogP) is 8.23. The Hall–Kier alpha value is -4.32. The van der Waals surface area contributed by atoms with Crippen LogP contribution in [-0.4, -0.2) is 18.3 Å². The van der Waals surface area contributed by atoms with E-state index in [0.717, 1.165) is 72.8 Å². The molecule has 8 rings (SSSR count). The van der Waals surface area contributed by atoms with Gasteiger partial charge < -0.3 is 4.57 Å². The molecule has 1 aliphatic carbocycles. The van der Waals surface area contributed by atoms with Crippen LogP contribution in [0.25, 0.3) is 45.1 Å². The number of hydrogen-bond acceptors (Lipinski definition) is 3. The average Bonchev–Trinajstić information content (AvgIpc) is 3.47. The minimum atomic E-state index is -3.01. The van der Waals surface area contributed by atoms with Gasteiger partial charge in [0.05, 0.1) is 16.9 Å². The average molecular weight is 700 g/mol. The maximum Gasteiger partial charge on any atom is 0.171 e. The van der Waals surface area contributed by atoms with Gasteiger partial charge in [0.25, 0.3) is 0 Å². The number of para-hydroxylation sites is 1. The zero-order valence-corrected chi connectivity index (χ0v) is 26.8. The third-order valence-corrected chi connectivity index (χ3v) is 12.3. The Morgan fingerprint density at radius 3 is 1.84 bits per heavy atom. The first kappa shape index (κ1) is 27.2. The van der Waals surface area contributed by atoms with E-state index in [-0.39, 0.29) is 0 Å². The summed E-state index contributed by atoms with van der Waals surface area (Å²) in [5, 5.41) is 3.56. The van der Waals surface area contributed by atoms with Crippen molar-refractivity contribution in [3.8, 4) is 22.5 Å². The molecule has 0 spiro atoms. The molecule has 0 saturated carbocycles. The first-order valence-corrected chi connectivity index (χ1v) is 17.6. The molecule has 0 aliphatic heterocycles. The summed E-state index contributed by atoms with van der Waals surface area (Å²) < 4.78 is 17.4. The number of aromatic nitrogens is 3. The molecule has 2 aromatic heterocycles. The summed E-state index contributed by atoms with van der Waals surface area (Å²) in [5.74, 6) is 0.887. The summed E-state index contributed by atoms with van der Waals surface area (Å²) in [7, 11) is -3.01. The third-order valence-electron chi connectivity index (χ3n) is 8.37. The zero-order chi connectivity index (χ0) is 29.7. The van der Waals surface area contributed by atoms with Crippen LogP contribution < -0.4 is 15.9 Å². The fourth-order valence-electron chi connectivity index (χ4n) is 6.16. The molecule has 4 nitrogen and oxygen atoms in total. The van der Waals surface area contributed by atoms with Gasteiger partial charge in [-0.1, -0.05) is 150 Å². The topological polar surface area (TPSA) is 47.3 Å². The van der Waals surface area contributed by atoms with Gasteiger partial charge in [0.15, 0.2) is 7.14 Å². The van der Waals surface area contributed by atoms with Gasteiger partial charge in [0.2, 0.25) is 0 Å². The standard InChI is InChI=1S/C38H27IN3OP/c39-29-21-24-36-35(25-29)41-38-33-13-7-8-14-34(33)40-37(42(36)38)28-17-15-26(16-18-28)27-19-22-32(23-20-27)44(43,30-9-3-1-4-10-30)31-11-5-2-6-12-31/h1-24,29H,25H2/t29-/m1/s1. The summed E-state index contributed by atoms with van der Waals surface area (Å²) in [6.07, 6.45) is 5.35. The van der Waals surface area contributed by atoms with Crippen molar-refractivity contribution in [1.29, 1.82) is 0 Å². The highest BCUT2D eigenvalue weighted by atomic mass is 127. The summed E-state index contributed by atoms with van der Waals surface area (Å²) in [6.45, 7) is 0. The number of nitrogens with zero attached hydrogens (tertiary/aromatic N) is 3. The van der Waals surface area contributed by atoms with E-state index in [0.29, 0.717) is 3.92 Å². The fourth-order valence-corrected chi connectivity index (χ4v) is 9.43. The predicted molar refractivity (Wildman–Crippen MR) is 191 cm³/mol. The zero-order valence-electron chi connectivity index (χ0n) is 23.7. The van der Waals surface area contributed by atoms with E-state index in [2.05, 4.69) is 87.7 Å². The normalized spacial score (nSPS) is 14.6. The monoisotopic (exact) mass is 699 g/mol. The van der Waals surface area contributed by atoms with E-state index < -0.39 is 7.14 Å².